The lowest BCUT2D eigenvalue weighted by atomic mass is 10.2. The van der Waals surface area contributed by atoms with Gasteiger partial charge in [0.2, 0.25) is 5.91 Å². The molecule has 1 aromatic heterocycles. The highest BCUT2D eigenvalue weighted by molar-refractivity contribution is 5.79. The van der Waals surface area contributed by atoms with Crippen LogP contribution in [0.25, 0.3) is 0 Å². The molecule has 0 aliphatic carbocycles. The van der Waals surface area contributed by atoms with Crippen molar-refractivity contribution in [3.8, 4) is 0 Å². The predicted molar refractivity (Wildman–Crippen MR) is 59.7 cm³/mol. The van der Waals surface area contributed by atoms with Crippen molar-refractivity contribution in [2.45, 2.75) is 33.2 Å². The molecule has 1 atom stereocenters. The highest BCUT2D eigenvalue weighted by Crippen LogP contribution is 2.12. The van der Waals surface area contributed by atoms with E-state index in [4.69, 9.17) is 0 Å². The van der Waals surface area contributed by atoms with E-state index in [1.54, 1.807) is 23.7 Å². The van der Waals surface area contributed by atoms with E-state index >= 15 is 0 Å². The summed E-state index contributed by atoms with van der Waals surface area (Å²) in [5.41, 5.74) is 2.21. The van der Waals surface area contributed by atoms with Crippen molar-refractivity contribution in [1.82, 2.24) is 14.7 Å². The second-order valence-corrected chi connectivity index (χ2v) is 3.98. The maximum atomic E-state index is 11.7. The zero-order valence-electron chi connectivity index (χ0n) is 10.1. The first-order valence-corrected chi connectivity index (χ1v) is 5.23. The highest BCUT2D eigenvalue weighted by Gasteiger charge is 2.18. The third-order valence-electron chi connectivity index (χ3n) is 2.59. The lowest BCUT2D eigenvalue weighted by Gasteiger charge is -2.16. The van der Waals surface area contributed by atoms with Crippen molar-refractivity contribution in [3.05, 3.63) is 17.5 Å². The molecule has 0 radical (unpaired) electrons. The lowest BCUT2D eigenvalue weighted by Crippen LogP contribution is -2.30. The molecule has 4 heteroatoms. The number of hydrogen-bond donors (Lipinski definition) is 0. The molecule has 0 fully saturated rings. The van der Waals surface area contributed by atoms with Crippen molar-refractivity contribution < 1.29 is 4.79 Å². The van der Waals surface area contributed by atoms with E-state index in [9.17, 15) is 4.79 Å². The number of likely N-dealkylation sites (N-methyl/N-ethyl adjacent to an activating group) is 1. The standard InChI is InChI=1S/C11H19N3O/c1-6-10-7-14(12-8(10)2)9(3)11(15)13(4)5/h7,9H,6H2,1-5H3. The molecule has 0 aliphatic rings. The number of hydrogen-bond acceptors (Lipinski definition) is 2. The second kappa shape index (κ2) is 4.47. The number of carbonyl (C=O) groups is 1. The van der Waals surface area contributed by atoms with Crippen LogP contribution in [0.5, 0.6) is 0 Å². The molecule has 1 rings (SSSR count). The first-order chi connectivity index (χ1) is 6.97. The Bertz CT molecular complexity index is 355. The third-order valence-corrected chi connectivity index (χ3v) is 2.59. The number of aryl methyl sites for hydroxylation is 2. The van der Waals surface area contributed by atoms with Gasteiger partial charge < -0.3 is 4.90 Å². The molecule has 0 spiro atoms. The van der Waals surface area contributed by atoms with Gasteiger partial charge in [-0.1, -0.05) is 6.92 Å². The van der Waals surface area contributed by atoms with Gasteiger partial charge >= 0.3 is 0 Å². The minimum absolute atomic E-state index is 0.0696. The maximum Gasteiger partial charge on any atom is 0.246 e. The lowest BCUT2D eigenvalue weighted by molar-refractivity contribution is -0.131. The Morgan fingerprint density at radius 3 is 2.60 bits per heavy atom. The molecule has 4 nitrogen and oxygen atoms in total. The van der Waals surface area contributed by atoms with Crippen LogP contribution < -0.4 is 0 Å². The Morgan fingerprint density at radius 2 is 2.20 bits per heavy atom. The smallest absolute Gasteiger partial charge is 0.246 e. The molecule has 1 amide bonds. The molecule has 0 bridgehead atoms. The molecule has 84 valence electrons. The van der Waals surface area contributed by atoms with Crippen molar-refractivity contribution in [2.24, 2.45) is 0 Å². The largest absolute Gasteiger partial charge is 0.347 e. The molecule has 0 saturated carbocycles. The second-order valence-electron chi connectivity index (χ2n) is 3.98. The molecule has 1 unspecified atom stereocenters. The third kappa shape index (κ3) is 2.37. The fraction of sp³-hybridized carbons (Fsp3) is 0.636. The Balaban J connectivity index is 2.91. The first kappa shape index (κ1) is 11.8. The monoisotopic (exact) mass is 209 g/mol. The molecule has 1 aromatic rings. The van der Waals surface area contributed by atoms with Gasteiger partial charge in [-0.25, -0.2) is 0 Å². The fourth-order valence-electron chi connectivity index (χ4n) is 1.55. The fourth-order valence-corrected chi connectivity index (χ4v) is 1.55. The number of aromatic nitrogens is 2. The zero-order valence-corrected chi connectivity index (χ0v) is 10.1. The first-order valence-electron chi connectivity index (χ1n) is 5.23. The van der Waals surface area contributed by atoms with Gasteiger partial charge in [0, 0.05) is 20.3 Å². The summed E-state index contributed by atoms with van der Waals surface area (Å²) in [5.74, 6) is 0.0696. The summed E-state index contributed by atoms with van der Waals surface area (Å²) in [5, 5.41) is 4.35. The van der Waals surface area contributed by atoms with Crippen LogP contribution in [0.4, 0.5) is 0 Å². The predicted octanol–water partition coefficient (Wildman–Crippen LogP) is 1.40. The molecular weight excluding hydrogens is 190 g/mol. The average Bonchev–Trinajstić information content (AvgIpc) is 2.57. The van der Waals surface area contributed by atoms with E-state index in [-0.39, 0.29) is 11.9 Å². The van der Waals surface area contributed by atoms with Gasteiger partial charge in [-0.2, -0.15) is 5.10 Å². The van der Waals surface area contributed by atoms with Gasteiger partial charge in [-0.3, -0.25) is 9.48 Å². The van der Waals surface area contributed by atoms with Crippen molar-refractivity contribution in [1.29, 1.82) is 0 Å². The Hall–Kier alpha value is -1.32. The van der Waals surface area contributed by atoms with E-state index in [1.165, 1.54) is 5.56 Å². The van der Waals surface area contributed by atoms with Gasteiger partial charge in [0.25, 0.3) is 0 Å². The zero-order chi connectivity index (χ0) is 11.6. The summed E-state index contributed by atoms with van der Waals surface area (Å²) in [6.07, 6.45) is 2.91. The van der Waals surface area contributed by atoms with E-state index in [2.05, 4.69) is 12.0 Å². The topological polar surface area (TPSA) is 38.1 Å². The van der Waals surface area contributed by atoms with E-state index in [0.717, 1.165) is 12.1 Å². The van der Waals surface area contributed by atoms with Gasteiger partial charge in [-0.15, -0.1) is 0 Å². The van der Waals surface area contributed by atoms with E-state index in [1.807, 2.05) is 20.0 Å². The van der Waals surface area contributed by atoms with Crippen LogP contribution in [0.1, 0.15) is 31.1 Å². The van der Waals surface area contributed by atoms with Crippen molar-refractivity contribution in [3.63, 3.8) is 0 Å². The molecule has 1 heterocycles. The van der Waals surface area contributed by atoms with Crippen LogP contribution in [0.15, 0.2) is 6.20 Å². The van der Waals surface area contributed by atoms with Gasteiger partial charge in [-0.05, 0) is 25.8 Å². The van der Waals surface area contributed by atoms with E-state index in [0.29, 0.717) is 0 Å². The normalized spacial score (nSPS) is 12.6. The van der Waals surface area contributed by atoms with Crippen molar-refractivity contribution in [2.75, 3.05) is 14.1 Å². The minimum Gasteiger partial charge on any atom is -0.347 e. The molecular formula is C11H19N3O. The summed E-state index contributed by atoms with van der Waals surface area (Å²) in [4.78, 5) is 13.3. The maximum absolute atomic E-state index is 11.7. The summed E-state index contributed by atoms with van der Waals surface area (Å²) >= 11 is 0. The van der Waals surface area contributed by atoms with Crippen molar-refractivity contribution >= 4 is 5.91 Å². The summed E-state index contributed by atoms with van der Waals surface area (Å²) in [6.45, 7) is 5.93. The van der Waals surface area contributed by atoms with Crippen LogP contribution in [-0.2, 0) is 11.2 Å². The van der Waals surface area contributed by atoms with Gasteiger partial charge in [0.1, 0.15) is 6.04 Å². The summed E-state index contributed by atoms with van der Waals surface area (Å²) in [7, 11) is 3.52. The summed E-state index contributed by atoms with van der Waals surface area (Å²) < 4.78 is 1.75. The molecule has 15 heavy (non-hydrogen) atoms. The SMILES string of the molecule is CCc1cn(C(C)C(=O)N(C)C)nc1C. The van der Waals surface area contributed by atoms with Crippen LogP contribution in [0, 0.1) is 6.92 Å². The van der Waals surface area contributed by atoms with Crippen LogP contribution in [-0.4, -0.2) is 34.7 Å². The molecule has 0 N–H and O–H groups in total. The molecule has 0 aliphatic heterocycles. The highest BCUT2D eigenvalue weighted by atomic mass is 16.2. The van der Waals surface area contributed by atoms with Gasteiger partial charge in [0.15, 0.2) is 0 Å². The number of nitrogens with zero attached hydrogens (tertiary/aromatic N) is 3. The average molecular weight is 209 g/mol. The summed E-state index contributed by atoms with van der Waals surface area (Å²) in [6, 6.07) is -0.223. The molecule has 0 saturated heterocycles. The van der Waals surface area contributed by atoms with Crippen LogP contribution >= 0.6 is 0 Å². The van der Waals surface area contributed by atoms with E-state index < -0.39 is 0 Å². The minimum atomic E-state index is -0.223. The van der Waals surface area contributed by atoms with Crippen LogP contribution in [0.2, 0.25) is 0 Å². The van der Waals surface area contributed by atoms with Crippen LogP contribution in [0.3, 0.4) is 0 Å². The Kier molecular flexibility index (Phi) is 3.50. The Morgan fingerprint density at radius 1 is 1.60 bits per heavy atom. The van der Waals surface area contributed by atoms with Gasteiger partial charge in [0.05, 0.1) is 5.69 Å². The number of rotatable bonds is 3. The quantitative estimate of drug-likeness (QED) is 0.754. The number of carbonyl (C=O) groups excluding carboxylic acids is 1. The molecule has 0 aromatic carbocycles. The number of amides is 1. The Labute approximate surface area is 90.9 Å².